The molecule has 0 N–H and O–H groups in total. The summed E-state index contributed by atoms with van der Waals surface area (Å²) in [4.78, 5) is 4.42. The minimum Gasteiger partial charge on any atom is -0.305 e. The van der Waals surface area contributed by atoms with Crippen LogP contribution >= 0.6 is 0 Å². The van der Waals surface area contributed by atoms with Crippen LogP contribution in [-0.2, 0) is 20.1 Å². The van der Waals surface area contributed by atoms with Crippen LogP contribution in [0, 0.1) is 6.07 Å². The molecule has 4 rings (SSSR count). The van der Waals surface area contributed by atoms with E-state index in [0.717, 1.165) is 38.4 Å². The Morgan fingerprint density at radius 3 is 2.67 bits per heavy atom. The molecule has 1 heterocycles. The second kappa shape index (κ2) is 6.84. The fourth-order valence-corrected chi connectivity index (χ4v) is 2.82. The van der Waals surface area contributed by atoms with Gasteiger partial charge in [0, 0.05) is 27.7 Å². The molecule has 1 aromatic heterocycles. The monoisotopic (exact) mass is 492 g/mol. The molecule has 0 fully saturated rings. The molecule has 0 atom stereocenters. The zero-order chi connectivity index (χ0) is 18.5. The van der Waals surface area contributed by atoms with Crippen LogP contribution in [0.15, 0.2) is 66.8 Å². The first-order chi connectivity index (χ1) is 12.4. The van der Waals surface area contributed by atoms with Crippen LogP contribution < -0.4 is 0 Å². The number of fused-ring (bicyclic) bond motifs is 3. The Bertz CT molecular complexity index is 1150. The molecule has 0 aliphatic carbocycles. The van der Waals surface area contributed by atoms with Gasteiger partial charge in [-0.1, -0.05) is 72.6 Å². The molecule has 0 aliphatic rings. The van der Waals surface area contributed by atoms with Crippen LogP contribution in [0.1, 0.15) is 29.4 Å². The van der Waals surface area contributed by atoms with E-state index in [1.807, 2.05) is 62.4 Å². The Morgan fingerprint density at radius 2 is 1.83 bits per heavy atom. The van der Waals surface area contributed by atoms with E-state index in [0.29, 0.717) is 0 Å². The fraction of sp³-hybridized carbons (Fsp3) is 0.136. The van der Waals surface area contributed by atoms with E-state index in [2.05, 4.69) is 11.1 Å². The van der Waals surface area contributed by atoms with Crippen LogP contribution in [0.2, 0.25) is 0 Å². The van der Waals surface area contributed by atoms with Crippen molar-refractivity contribution in [1.29, 1.82) is 0 Å². The van der Waals surface area contributed by atoms with Crippen LogP contribution in [-0.4, -0.2) is 4.98 Å². The zero-order valence-electron chi connectivity index (χ0n) is 16.5. The SMILES string of the molecule is [2H]c1c([2H])c2ccccc2c2c[c-]c(-c3cc(C([2H])(C)C)ccn3)cc12.[Ir]. The van der Waals surface area contributed by atoms with Gasteiger partial charge in [-0.2, -0.15) is 0 Å². The van der Waals surface area contributed by atoms with Crippen LogP contribution in [0.3, 0.4) is 0 Å². The van der Waals surface area contributed by atoms with Crippen molar-refractivity contribution in [3.05, 3.63) is 78.4 Å². The van der Waals surface area contributed by atoms with Crippen LogP contribution in [0.25, 0.3) is 32.8 Å². The van der Waals surface area contributed by atoms with Crippen molar-refractivity contribution in [3.63, 3.8) is 0 Å². The molecule has 1 nitrogen and oxygen atoms in total. The molecule has 3 aromatic carbocycles. The van der Waals surface area contributed by atoms with Gasteiger partial charge in [-0.05, 0) is 23.0 Å². The third kappa shape index (κ3) is 3.00. The van der Waals surface area contributed by atoms with E-state index in [9.17, 15) is 0 Å². The van der Waals surface area contributed by atoms with E-state index in [4.69, 9.17) is 4.11 Å². The van der Waals surface area contributed by atoms with Crippen LogP contribution in [0.4, 0.5) is 0 Å². The van der Waals surface area contributed by atoms with Crippen LogP contribution in [0.5, 0.6) is 0 Å². The van der Waals surface area contributed by atoms with Gasteiger partial charge in [-0.15, -0.1) is 29.1 Å². The molecule has 0 aliphatic heterocycles. The van der Waals surface area contributed by atoms with Crippen molar-refractivity contribution >= 4 is 21.5 Å². The van der Waals surface area contributed by atoms with Gasteiger partial charge < -0.3 is 4.98 Å². The van der Waals surface area contributed by atoms with Gasteiger partial charge in [0.2, 0.25) is 0 Å². The van der Waals surface area contributed by atoms with E-state index >= 15 is 0 Å². The number of nitrogens with zero attached hydrogens (tertiary/aromatic N) is 1. The summed E-state index contributed by atoms with van der Waals surface area (Å²) in [5, 5.41) is 3.38. The van der Waals surface area contributed by atoms with Crippen molar-refractivity contribution in [2.75, 3.05) is 0 Å². The van der Waals surface area contributed by atoms with Crippen molar-refractivity contribution < 1.29 is 24.2 Å². The molecule has 24 heavy (non-hydrogen) atoms. The summed E-state index contributed by atoms with van der Waals surface area (Å²) in [7, 11) is 0. The smallest absolute Gasteiger partial charge is 0.0629 e. The van der Waals surface area contributed by atoms with Gasteiger partial charge in [0.25, 0.3) is 0 Å². The Balaban J connectivity index is 0.00000210. The largest absolute Gasteiger partial charge is 0.305 e. The topological polar surface area (TPSA) is 12.9 Å². The summed E-state index contributed by atoms with van der Waals surface area (Å²) in [6, 6.07) is 18.9. The minimum absolute atomic E-state index is 0. The summed E-state index contributed by atoms with van der Waals surface area (Å²) >= 11 is 0. The Labute approximate surface area is 160 Å². The number of aromatic nitrogens is 1. The average Bonchev–Trinajstić information content (AvgIpc) is 2.65. The maximum atomic E-state index is 8.42. The first-order valence-electron chi connectivity index (χ1n) is 9.16. The van der Waals surface area contributed by atoms with Gasteiger partial charge in [-0.25, -0.2) is 0 Å². The molecular formula is C22H18IrN-. The van der Waals surface area contributed by atoms with E-state index in [1.54, 1.807) is 6.20 Å². The third-order valence-electron chi connectivity index (χ3n) is 4.11. The standard InChI is InChI=1S/C22H18N.Ir/c1-15(2)17-11-12-23-22(14-17)19-9-10-21-18(13-19)8-7-16-5-3-4-6-20(16)21;/h3-8,10-15H,1-2H3;/q-1;/i7D,8D,15D;. The molecular weight excluding hydrogens is 470 g/mol. The predicted octanol–water partition coefficient (Wildman–Crippen LogP) is 5.98. The minimum atomic E-state index is -0.709. The van der Waals surface area contributed by atoms with E-state index in [1.165, 1.54) is 0 Å². The van der Waals surface area contributed by atoms with Gasteiger partial charge in [0.1, 0.15) is 0 Å². The second-order valence-corrected chi connectivity index (χ2v) is 5.90. The third-order valence-corrected chi connectivity index (χ3v) is 4.11. The molecule has 121 valence electrons. The number of hydrogen-bond acceptors (Lipinski definition) is 1. The van der Waals surface area contributed by atoms with Crippen molar-refractivity contribution in [2.24, 2.45) is 0 Å². The van der Waals surface area contributed by atoms with Crippen molar-refractivity contribution in [1.82, 2.24) is 4.98 Å². The number of pyridine rings is 1. The predicted molar refractivity (Wildman–Crippen MR) is 97.6 cm³/mol. The van der Waals surface area contributed by atoms with E-state index in [-0.39, 0.29) is 32.2 Å². The van der Waals surface area contributed by atoms with Gasteiger partial charge in [0.05, 0.1) is 2.74 Å². The second-order valence-electron chi connectivity index (χ2n) is 5.90. The number of benzene rings is 3. The van der Waals surface area contributed by atoms with Crippen molar-refractivity contribution in [2.45, 2.75) is 19.7 Å². The number of hydrogen-bond donors (Lipinski definition) is 0. The Kier molecular flexibility index (Phi) is 3.79. The van der Waals surface area contributed by atoms with Crippen molar-refractivity contribution in [3.8, 4) is 11.3 Å². The number of rotatable bonds is 2. The zero-order valence-corrected chi connectivity index (χ0v) is 15.9. The molecule has 0 amide bonds. The molecule has 0 spiro atoms. The first-order valence-corrected chi connectivity index (χ1v) is 7.66. The molecule has 0 unspecified atom stereocenters. The summed E-state index contributed by atoms with van der Waals surface area (Å²) in [6.07, 6.45) is 1.71. The molecule has 0 saturated heterocycles. The van der Waals surface area contributed by atoms with Gasteiger partial charge >= 0.3 is 0 Å². The summed E-state index contributed by atoms with van der Waals surface area (Å²) in [5.74, 6) is -0.709. The quantitative estimate of drug-likeness (QED) is 0.248. The first kappa shape index (κ1) is 13.3. The van der Waals surface area contributed by atoms with Gasteiger partial charge in [0.15, 0.2) is 0 Å². The summed E-state index contributed by atoms with van der Waals surface area (Å²) < 4.78 is 25.0. The molecule has 0 bridgehead atoms. The summed E-state index contributed by atoms with van der Waals surface area (Å²) in [5.41, 5.74) is 2.37. The maximum Gasteiger partial charge on any atom is 0.0629 e. The normalized spacial score (nSPS) is 13.2. The van der Waals surface area contributed by atoms with Gasteiger partial charge in [-0.3, -0.25) is 0 Å². The molecule has 2 heteroatoms. The Hall–Kier alpha value is -2.02. The summed E-state index contributed by atoms with van der Waals surface area (Å²) in [6.45, 7) is 3.69. The maximum absolute atomic E-state index is 8.42. The van der Waals surface area contributed by atoms with E-state index < -0.39 is 5.89 Å². The Morgan fingerprint density at radius 1 is 1.04 bits per heavy atom. The fourth-order valence-electron chi connectivity index (χ4n) is 2.82. The molecule has 0 saturated carbocycles. The molecule has 4 aromatic rings. The molecule has 1 radical (unpaired) electrons. The average molecular weight is 492 g/mol.